The minimum atomic E-state index is 0.862. The first kappa shape index (κ1) is 11.7. The third kappa shape index (κ3) is 2.53. The lowest BCUT2D eigenvalue weighted by Crippen LogP contribution is -2.07. The standard InChI is InChI=1S/C14H17N3S/c1-2-6-12-13(7-3-1)16-10-17-14(12)15-9-11-5-4-8-18-11/h4-5,8,10H,1-3,6-7,9H2,(H,15,16,17). The van der Waals surface area contributed by atoms with E-state index in [1.54, 1.807) is 17.7 Å². The first-order valence-electron chi connectivity index (χ1n) is 6.52. The van der Waals surface area contributed by atoms with Crippen molar-refractivity contribution in [2.24, 2.45) is 0 Å². The molecule has 2 heterocycles. The zero-order chi connectivity index (χ0) is 12.2. The minimum absolute atomic E-state index is 0.862. The lowest BCUT2D eigenvalue weighted by Gasteiger charge is -2.11. The molecule has 0 radical (unpaired) electrons. The molecule has 0 atom stereocenters. The Labute approximate surface area is 111 Å². The largest absolute Gasteiger partial charge is 0.365 e. The van der Waals surface area contributed by atoms with Crippen molar-refractivity contribution in [3.05, 3.63) is 40.0 Å². The summed E-state index contributed by atoms with van der Waals surface area (Å²) in [6, 6.07) is 4.24. The zero-order valence-electron chi connectivity index (χ0n) is 10.4. The van der Waals surface area contributed by atoms with Gasteiger partial charge >= 0.3 is 0 Å². The summed E-state index contributed by atoms with van der Waals surface area (Å²) in [5.41, 5.74) is 2.59. The van der Waals surface area contributed by atoms with Crippen molar-refractivity contribution in [3.8, 4) is 0 Å². The van der Waals surface area contributed by atoms with Crippen LogP contribution in [-0.4, -0.2) is 9.97 Å². The van der Waals surface area contributed by atoms with Crippen LogP contribution in [0.25, 0.3) is 0 Å². The fraction of sp³-hybridized carbons (Fsp3) is 0.429. The first-order valence-corrected chi connectivity index (χ1v) is 7.40. The van der Waals surface area contributed by atoms with Gasteiger partial charge in [-0.1, -0.05) is 12.5 Å². The Hall–Kier alpha value is -1.42. The van der Waals surface area contributed by atoms with Gasteiger partial charge in [0.1, 0.15) is 12.1 Å². The van der Waals surface area contributed by atoms with Crippen LogP contribution in [-0.2, 0) is 19.4 Å². The maximum atomic E-state index is 4.44. The number of rotatable bonds is 3. The van der Waals surface area contributed by atoms with Gasteiger partial charge in [-0.25, -0.2) is 9.97 Å². The summed E-state index contributed by atoms with van der Waals surface area (Å²) < 4.78 is 0. The monoisotopic (exact) mass is 259 g/mol. The van der Waals surface area contributed by atoms with Crippen molar-refractivity contribution in [1.29, 1.82) is 0 Å². The molecular formula is C14H17N3S. The van der Waals surface area contributed by atoms with Gasteiger partial charge in [0.2, 0.25) is 0 Å². The number of fused-ring (bicyclic) bond motifs is 1. The summed E-state index contributed by atoms with van der Waals surface area (Å²) in [7, 11) is 0. The van der Waals surface area contributed by atoms with E-state index in [1.807, 2.05) is 0 Å². The summed E-state index contributed by atoms with van der Waals surface area (Å²) in [6.07, 6.45) is 7.73. The van der Waals surface area contributed by atoms with E-state index in [0.717, 1.165) is 25.2 Å². The van der Waals surface area contributed by atoms with Crippen molar-refractivity contribution in [1.82, 2.24) is 9.97 Å². The molecule has 0 aromatic carbocycles. The lowest BCUT2D eigenvalue weighted by atomic mass is 10.1. The van der Waals surface area contributed by atoms with E-state index in [9.17, 15) is 0 Å². The van der Waals surface area contributed by atoms with Gasteiger partial charge in [0.25, 0.3) is 0 Å². The highest BCUT2D eigenvalue weighted by Crippen LogP contribution is 2.24. The van der Waals surface area contributed by atoms with E-state index in [-0.39, 0.29) is 0 Å². The summed E-state index contributed by atoms with van der Waals surface area (Å²) in [6.45, 7) is 0.862. The van der Waals surface area contributed by atoms with Crippen LogP contribution in [0.4, 0.5) is 5.82 Å². The fourth-order valence-corrected chi connectivity index (χ4v) is 3.08. The number of nitrogens with one attached hydrogen (secondary N) is 1. The average Bonchev–Trinajstić information content (AvgIpc) is 2.79. The summed E-state index contributed by atoms with van der Waals surface area (Å²) in [5, 5.41) is 5.57. The van der Waals surface area contributed by atoms with Gasteiger partial charge < -0.3 is 5.32 Å². The van der Waals surface area contributed by atoms with Crippen LogP contribution in [0, 0.1) is 0 Å². The number of anilines is 1. The molecule has 18 heavy (non-hydrogen) atoms. The van der Waals surface area contributed by atoms with Crippen LogP contribution in [0.2, 0.25) is 0 Å². The second kappa shape index (κ2) is 5.48. The molecule has 0 bridgehead atoms. The van der Waals surface area contributed by atoms with E-state index in [2.05, 4.69) is 32.8 Å². The molecule has 1 aliphatic carbocycles. The van der Waals surface area contributed by atoms with E-state index in [1.165, 1.54) is 35.4 Å². The summed E-state index contributed by atoms with van der Waals surface area (Å²) in [4.78, 5) is 10.2. The highest BCUT2D eigenvalue weighted by Gasteiger charge is 2.13. The Morgan fingerprint density at radius 3 is 3.00 bits per heavy atom. The van der Waals surface area contributed by atoms with E-state index in [4.69, 9.17) is 0 Å². The van der Waals surface area contributed by atoms with Gasteiger partial charge in [0, 0.05) is 16.1 Å². The molecule has 1 N–H and O–H groups in total. The van der Waals surface area contributed by atoms with Crippen LogP contribution in [0.15, 0.2) is 23.8 Å². The molecule has 3 rings (SSSR count). The molecule has 0 unspecified atom stereocenters. The molecule has 3 nitrogen and oxygen atoms in total. The van der Waals surface area contributed by atoms with Gasteiger partial charge in [-0.15, -0.1) is 11.3 Å². The van der Waals surface area contributed by atoms with Gasteiger partial charge in [-0.05, 0) is 37.1 Å². The molecule has 0 spiro atoms. The van der Waals surface area contributed by atoms with Crippen molar-refractivity contribution < 1.29 is 0 Å². The molecule has 0 saturated heterocycles. The molecule has 1 aliphatic rings. The molecule has 2 aromatic heterocycles. The normalized spacial score (nSPS) is 14.9. The Balaban J connectivity index is 1.79. The third-order valence-corrected chi connectivity index (χ3v) is 4.26. The molecule has 4 heteroatoms. The number of thiophene rings is 1. The van der Waals surface area contributed by atoms with Crippen molar-refractivity contribution in [2.45, 2.75) is 38.6 Å². The highest BCUT2D eigenvalue weighted by molar-refractivity contribution is 7.09. The first-order chi connectivity index (χ1) is 8.93. The summed E-state index contributed by atoms with van der Waals surface area (Å²) in [5.74, 6) is 1.04. The average molecular weight is 259 g/mol. The van der Waals surface area contributed by atoms with E-state index >= 15 is 0 Å². The van der Waals surface area contributed by atoms with Crippen LogP contribution in [0.1, 0.15) is 35.4 Å². The van der Waals surface area contributed by atoms with Gasteiger partial charge in [-0.3, -0.25) is 0 Å². The number of hydrogen-bond donors (Lipinski definition) is 1. The quantitative estimate of drug-likeness (QED) is 0.858. The highest BCUT2D eigenvalue weighted by atomic mass is 32.1. The topological polar surface area (TPSA) is 37.8 Å². The number of nitrogens with zero attached hydrogens (tertiary/aromatic N) is 2. The maximum absolute atomic E-state index is 4.44. The molecular weight excluding hydrogens is 242 g/mol. The fourth-order valence-electron chi connectivity index (χ4n) is 2.43. The maximum Gasteiger partial charge on any atom is 0.133 e. The summed E-state index contributed by atoms with van der Waals surface area (Å²) >= 11 is 1.78. The van der Waals surface area contributed by atoms with Gasteiger partial charge in [0.05, 0.1) is 6.54 Å². The Morgan fingerprint density at radius 2 is 2.11 bits per heavy atom. The van der Waals surface area contributed by atoms with E-state index in [0.29, 0.717) is 0 Å². The second-order valence-corrected chi connectivity index (χ2v) is 5.67. The van der Waals surface area contributed by atoms with Crippen molar-refractivity contribution in [3.63, 3.8) is 0 Å². The van der Waals surface area contributed by atoms with Crippen LogP contribution >= 0.6 is 11.3 Å². The van der Waals surface area contributed by atoms with Crippen molar-refractivity contribution in [2.75, 3.05) is 5.32 Å². The number of hydrogen-bond acceptors (Lipinski definition) is 4. The Morgan fingerprint density at radius 1 is 1.17 bits per heavy atom. The smallest absolute Gasteiger partial charge is 0.133 e. The van der Waals surface area contributed by atoms with Crippen molar-refractivity contribution >= 4 is 17.2 Å². The minimum Gasteiger partial charge on any atom is -0.365 e. The Kier molecular flexibility index (Phi) is 3.55. The van der Waals surface area contributed by atoms with Crippen LogP contribution < -0.4 is 5.32 Å². The molecule has 0 saturated carbocycles. The number of aromatic nitrogens is 2. The lowest BCUT2D eigenvalue weighted by molar-refractivity contribution is 0.709. The SMILES string of the molecule is c1csc(CNc2ncnc3c2CCCCC3)c1. The molecule has 94 valence electrons. The van der Waals surface area contributed by atoms with Crippen LogP contribution in [0.5, 0.6) is 0 Å². The van der Waals surface area contributed by atoms with Gasteiger partial charge in [-0.2, -0.15) is 0 Å². The number of aryl methyl sites for hydroxylation is 1. The zero-order valence-corrected chi connectivity index (χ0v) is 11.2. The van der Waals surface area contributed by atoms with E-state index < -0.39 is 0 Å². The second-order valence-electron chi connectivity index (χ2n) is 4.64. The van der Waals surface area contributed by atoms with Gasteiger partial charge in [0.15, 0.2) is 0 Å². The molecule has 0 fully saturated rings. The molecule has 2 aromatic rings. The molecule has 0 amide bonds. The third-order valence-electron chi connectivity index (χ3n) is 3.39. The predicted molar refractivity (Wildman–Crippen MR) is 74.9 cm³/mol. The van der Waals surface area contributed by atoms with Crippen LogP contribution in [0.3, 0.4) is 0 Å². The molecule has 0 aliphatic heterocycles. The Bertz CT molecular complexity index is 508. The predicted octanol–water partition coefficient (Wildman–Crippen LogP) is 3.42.